The van der Waals surface area contributed by atoms with Gasteiger partial charge in [0.2, 0.25) is 0 Å². The average molecular weight is 219 g/mol. The lowest BCUT2D eigenvalue weighted by Gasteiger charge is -2.38. The van der Waals surface area contributed by atoms with Crippen LogP contribution in [0, 0.1) is 12.8 Å². The van der Waals surface area contributed by atoms with Gasteiger partial charge in [-0.1, -0.05) is 26.0 Å². The second-order valence-electron chi connectivity index (χ2n) is 4.82. The molecule has 0 fully saturated rings. The lowest BCUT2D eigenvalue weighted by molar-refractivity contribution is -0.141. The molecule has 0 bridgehead atoms. The van der Waals surface area contributed by atoms with Crippen LogP contribution >= 0.6 is 0 Å². The minimum Gasteiger partial charge on any atom is -0.423 e. The normalized spacial score (nSPS) is 23.7. The van der Waals surface area contributed by atoms with Crippen molar-refractivity contribution in [2.24, 2.45) is 5.92 Å². The second-order valence-corrected chi connectivity index (χ2v) is 4.82. The molecule has 0 radical (unpaired) electrons. The third kappa shape index (κ3) is 1.47. The Hall–Kier alpha value is -1.51. The molecule has 16 heavy (non-hydrogen) atoms. The number of nitrogens with one attached hydrogen (secondary N) is 1. The highest BCUT2D eigenvalue weighted by atomic mass is 16.5. The van der Waals surface area contributed by atoms with Gasteiger partial charge in [-0.2, -0.15) is 0 Å². The number of ether oxygens (including phenoxy) is 1. The van der Waals surface area contributed by atoms with Crippen LogP contribution in [0.4, 0.5) is 5.69 Å². The number of aryl methyl sites for hydroxylation is 1. The molecule has 3 heteroatoms. The molecule has 2 rings (SSSR count). The van der Waals surface area contributed by atoms with Crippen molar-refractivity contribution in [3.8, 4) is 5.75 Å². The number of carbonyl (C=O) groups is 1. The Labute approximate surface area is 95.8 Å². The Morgan fingerprint density at radius 3 is 2.69 bits per heavy atom. The largest absolute Gasteiger partial charge is 0.423 e. The predicted molar refractivity (Wildman–Crippen MR) is 63.7 cm³/mol. The summed E-state index contributed by atoms with van der Waals surface area (Å²) in [6.07, 6.45) is 0. The van der Waals surface area contributed by atoms with E-state index in [0.29, 0.717) is 5.75 Å². The van der Waals surface area contributed by atoms with Crippen molar-refractivity contribution in [3.63, 3.8) is 0 Å². The summed E-state index contributed by atoms with van der Waals surface area (Å²) in [7, 11) is 0. The number of esters is 1. The molecule has 1 aromatic rings. The number of carbonyl (C=O) groups excluding carboxylic acids is 1. The summed E-state index contributed by atoms with van der Waals surface area (Å²) >= 11 is 0. The molecular weight excluding hydrogens is 202 g/mol. The number of hydrogen-bond acceptors (Lipinski definition) is 3. The Morgan fingerprint density at radius 1 is 1.38 bits per heavy atom. The van der Waals surface area contributed by atoms with Gasteiger partial charge in [0, 0.05) is 0 Å². The lowest BCUT2D eigenvalue weighted by atomic mass is 9.86. The van der Waals surface area contributed by atoms with Crippen LogP contribution in [-0.2, 0) is 4.79 Å². The van der Waals surface area contributed by atoms with Gasteiger partial charge in [0.15, 0.2) is 5.75 Å². The summed E-state index contributed by atoms with van der Waals surface area (Å²) < 4.78 is 5.39. The maximum absolute atomic E-state index is 11.9. The standard InChI is InChI=1S/C13H17NO2/c1-8(2)13(4)12(15)16-10-7-5-6-9(3)11(10)14-13/h5-8,14H,1-4H3. The topological polar surface area (TPSA) is 38.3 Å². The lowest BCUT2D eigenvalue weighted by Crippen LogP contribution is -2.53. The van der Waals surface area contributed by atoms with Gasteiger partial charge in [0.1, 0.15) is 5.54 Å². The summed E-state index contributed by atoms with van der Waals surface area (Å²) in [6, 6.07) is 5.71. The van der Waals surface area contributed by atoms with E-state index >= 15 is 0 Å². The first kappa shape index (κ1) is 11.0. The quantitative estimate of drug-likeness (QED) is 0.583. The summed E-state index contributed by atoms with van der Waals surface area (Å²) in [6.45, 7) is 7.91. The molecule has 0 saturated heterocycles. The maximum atomic E-state index is 11.9. The molecule has 0 spiro atoms. The van der Waals surface area contributed by atoms with Gasteiger partial charge in [-0.15, -0.1) is 0 Å². The van der Waals surface area contributed by atoms with Gasteiger partial charge in [-0.05, 0) is 31.4 Å². The first-order chi connectivity index (χ1) is 7.45. The first-order valence-corrected chi connectivity index (χ1v) is 5.55. The van der Waals surface area contributed by atoms with Crippen molar-refractivity contribution in [1.29, 1.82) is 0 Å². The molecule has 0 amide bonds. The monoisotopic (exact) mass is 219 g/mol. The fourth-order valence-corrected chi connectivity index (χ4v) is 1.78. The Morgan fingerprint density at radius 2 is 2.06 bits per heavy atom. The van der Waals surface area contributed by atoms with E-state index in [2.05, 4.69) is 5.32 Å². The van der Waals surface area contributed by atoms with E-state index in [0.717, 1.165) is 11.3 Å². The Kier molecular flexibility index (Phi) is 2.41. The highest BCUT2D eigenvalue weighted by Crippen LogP contribution is 2.38. The third-order valence-electron chi connectivity index (χ3n) is 3.40. The summed E-state index contributed by atoms with van der Waals surface area (Å²) in [5, 5.41) is 3.32. The molecule has 0 aliphatic carbocycles. The molecule has 1 aliphatic heterocycles. The minimum absolute atomic E-state index is 0.174. The molecule has 1 heterocycles. The van der Waals surface area contributed by atoms with Crippen LogP contribution in [0.3, 0.4) is 0 Å². The molecule has 1 atom stereocenters. The molecule has 3 nitrogen and oxygen atoms in total. The van der Waals surface area contributed by atoms with E-state index in [9.17, 15) is 4.79 Å². The summed E-state index contributed by atoms with van der Waals surface area (Å²) in [5.41, 5.74) is 1.38. The number of rotatable bonds is 1. The van der Waals surface area contributed by atoms with Gasteiger partial charge in [0.25, 0.3) is 0 Å². The van der Waals surface area contributed by atoms with Crippen LogP contribution in [0.5, 0.6) is 5.75 Å². The van der Waals surface area contributed by atoms with E-state index in [1.807, 2.05) is 45.9 Å². The highest BCUT2D eigenvalue weighted by Gasteiger charge is 2.42. The predicted octanol–water partition coefficient (Wildman–Crippen LogP) is 2.74. The first-order valence-electron chi connectivity index (χ1n) is 5.55. The van der Waals surface area contributed by atoms with Crippen LogP contribution in [0.25, 0.3) is 0 Å². The third-order valence-corrected chi connectivity index (χ3v) is 3.40. The molecule has 1 unspecified atom stereocenters. The van der Waals surface area contributed by atoms with E-state index in [4.69, 9.17) is 4.74 Å². The minimum atomic E-state index is -0.640. The number of para-hydroxylation sites is 1. The zero-order valence-electron chi connectivity index (χ0n) is 10.1. The van der Waals surface area contributed by atoms with Gasteiger partial charge in [-0.3, -0.25) is 0 Å². The molecule has 1 aromatic carbocycles. The van der Waals surface area contributed by atoms with Gasteiger partial charge >= 0.3 is 5.97 Å². The van der Waals surface area contributed by atoms with Crippen LogP contribution in [0.15, 0.2) is 18.2 Å². The fraction of sp³-hybridized carbons (Fsp3) is 0.462. The van der Waals surface area contributed by atoms with Crippen LogP contribution in [0.2, 0.25) is 0 Å². The SMILES string of the molecule is Cc1cccc2c1NC(C)(C(C)C)C(=O)O2. The van der Waals surface area contributed by atoms with Crippen LogP contribution < -0.4 is 10.1 Å². The fourth-order valence-electron chi connectivity index (χ4n) is 1.78. The van der Waals surface area contributed by atoms with E-state index in [-0.39, 0.29) is 11.9 Å². The van der Waals surface area contributed by atoms with Crippen molar-refractivity contribution < 1.29 is 9.53 Å². The van der Waals surface area contributed by atoms with Crippen molar-refractivity contribution in [2.75, 3.05) is 5.32 Å². The summed E-state index contributed by atoms with van der Waals surface area (Å²) in [5.74, 6) is 0.594. The summed E-state index contributed by atoms with van der Waals surface area (Å²) in [4.78, 5) is 11.9. The van der Waals surface area contributed by atoms with E-state index in [1.54, 1.807) is 0 Å². The average Bonchev–Trinajstić information content (AvgIpc) is 2.21. The second kappa shape index (κ2) is 3.51. The van der Waals surface area contributed by atoms with Crippen LogP contribution in [0.1, 0.15) is 26.3 Å². The van der Waals surface area contributed by atoms with Crippen molar-refractivity contribution >= 4 is 11.7 Å². The number of fused-ring (bicyclic) bond motifs is 1. The van der Waals surface area contributed by atoms with Crippen LogP contribution in [-0.4, -0.2) is 11.5 Å². The molecular formula is C13H17NO2. The van der Waals surface area contributed by atoms with Crippen molar-refractivity contribution in [2.45, 2.75) is 33.2 Å². The highest BCUT2D eigenvalue weighted by molar-refractivity contribution is 5.91. The van der Waals surface area contributed by atoms with Gasteiger partial charge in [0.05, 0.1) is 5.69 Å². The van der Waals surface area contributed by atoms with E-state index < -0.39 is 5.54 Å². The van der Waals surface area contributed by atoms with Crippen molar-refractivity contribution in [3.05, 3.63) is 23.8 Å². The number of anilines is 1. The number of benzene rings is 1. The smallest absolute Gasteiger partial charge is 0.337 e. The molecule has 1 aliphatic rings. The van der Waals surface area contributed by atoms with Crippen molar-refractivity contribution in [1.82, 2.24) is 0 Å². The number of hydrogen-bond donors (Lipinski definition) is 1. The Bertz CT molecular complexity index is 440. The van der Waals surface area contributed by atoms with E-state index in [1.165, 1.54) is 0 Å². The zero-order valence-corrected chi connectivity index (χ0v) is 10.1. The molecule has 86 valence electrons. The van der Waals surface area contributed by atoms with Gasteiger partial charge < -0.3 is 10.1 Å². The maximum Gasteiger partial charge on any atom is 0.337 e. The molecule has 0 aromatic heterocycles. The zero-order chi connectivity index (χ0) is 11.9. The molecule has 0 saturated carbocycles. The van der Waals surface area contributed by atoms with Gasteiger partial charge in [-0.25, -0.2) is 4.79 Å². The molecule has 1 N–H and O–H groups in total. The Balaban J connectivity index is 2.49.